The van der Waals surface area contributed by atoms with Gasteiger partial charge in [-0.3, -0.25) is 0 Å². The van der Waals surface area contributed by atoms with Crippen LogP contribution >= 0.6 is 0 Å². The molecule has 0 atom stereocenters. The molecule has 2 aromatic heterocycles. The molecule has 0 unspecified atom stereocenters. The number of aromatic nitrogens is 3. The summed E-state index contributed by atoms with van der Waals surface area (Å²) in [7, 11) is 0. The molecule has 4 aromatic rings. The molecule has 4 rings (SSSR count). The smallest absolute Gasteiger partial charge is 0.151 e. The Hall–Kier alpha value is -2.75. The third-order valence-corrected chi connectivity index (χ3v) is 3.28. The van der Waals surface area contributed by atoms with Gasteiger partial charge < -0.3 is 5.73 Å². The molecule has 0 saturated carbocycles. The van der Waals surface area contributed by atoms with Crippen LogP contribution in [0.2, 0.25) is 0 Å². The van der Waals surface area contributed by atoms with Crippen LogP contribution in [0.15, 0.2) is 48.7 Å². The molecule has 0 radical (unpaired) electrons. The second-order valence-corrected chi connectivity index (χ2v) is 4.44. The lowest BCUT2D eigenvalue weighted by Gasteiger charge is -2.05. The molecule has 0 aliphatic carbocycles. The molecule has 90 valence electrons. The summed E-state index contributed by atoms with van der Waals surface area (Å²) in [5.41, 5.74) is 9.02. The van der Waals surface area contributed by atoms with E-state index in [1.807, 2.05) is 30.3 Å². The third kappa shape index (κ3) is 1.43. The average Bonchev–Trinajstić information content (AvgIpc) is 2.46. The van der Waals surface area contributed by atoms with Gasteiger partial charge in [0.25, 0.3) is 0 Å². The molecule has 0 saturated heterocycles. The van der Waals surface area contributed by atoms with Crippen LogP contribution in [0.3, 0.4) is 0 Å². The van der Waals surface area contributed by atoms with Crippen LogP contribution in [-0.2, 0) is 0 Å². The molecule has 4 nitrogen and oxygen atoms in total. The van der Waals surface area contributed by atoms with Crippen molar-refractivity contribution in [2.45, 2.75) is 0 Å². The molecule has 2 aromatic carbocycles. The zero-order valence-electron chi connectivity index (χ0n) is 10.0. The van der Waals surface area contributed by atoms with Crippen molar-refractivity contribution in [1.29, 1.82) is 0 Å². The second kappa shape index (κ2) is 3.62. The third-order valence-electron chi connectivity index (χ3n) is 3.28. The highest BCUT2D eigenvalue weighted by Gasteiger charge is 2.07. The number of nitrogens with two attached hydrogens (primary N) is 1. The van der Waals surface area contributed by atoms with Crippen molar-refractivity contribution in [2.75, 3.05) is 5.73 Å². The molecule has 0 amide bonds. The van der Waals surface area contributed by atoms with Gasteiger partial charge in [-0.25, -0.2) is 15.0 Å². The zero-order valence-corrected chi connectivity index (χ0v) is 10.0. The maximum Gasteiger partial charge on any atom is 0.151 e. The molecule has 0 spiro atoms. The van der Waals surface area contributed by atoms with E-state index in [0.29, 0.717) is 11.3 Å². The van der Waals surface area contributed by atoms with Gasteiger partial charge in [-0.1, -0.05) is 30.3 Å². The Morgan fingerprint density at radius 3 is 2.53 bits per heavy atom. The predicted octanol–water partition coefficient (Wildman–Crippen LogP) is 2.91. The lowest BCUT2D eigenvalue weighted by Crippen LogP contribution is -1.96. The predicted molar refractivity (Wildman–Crippen MR) is 76.8 cm³/mol. The fraction of sp³-hybridized carbons (Fsp3) is 0. The molecule has 2 heterocycles. The van der Waals surface area contributed by atoms with Crippen LogP contribution < -0.4 is 5.73 Å². The highest BCUT2D eigenvalue weighted by molar-refractivity contribution is 6.06. The number of benzene rings is 2. The van der Waals surface area contributed by atoms with Gasteiger partial charge >= 0.3 is 0 Å². The van der Waals surface area contributed by atoms with E-state index >= 15 is 0 Å². The molecule has 0 aliphatic heterocycles. The maximum atomic E-state index is 5.85. The van der Waals surface area contributed by atoms with Crippen LogP contribution in [0.5, 0.6) is 0 Å². The minimum absolute atomic E-state index is 0.417. The van der Waals surface area contributed by atoms with E-state index < -0.39 is 0 Å². The lowest BCUT2D eigenvalue weighted by atomic mass is 10.1. The minimum Gasteiger partial charge on any atom is -0.382 e. The van der Waals surface area contributed by atoms with Gasteiger partial charge in [-0.15, -0.1) is 0 Å². The van der Waals surface area contributed by atoms with Crippen LogP contribution in [0.4, 0.5) is 5.82 Å². The summed E-state index contributed by atoms with van der Waals surface area (Å²) in [6.45, 7) is 0. The highest BCUT2D eigenvalue weighted by Crippen LogP contribution is 2.25. The number of nitrogens with zero attached hydrogens (tertiary/aromatic N) is 3. The average molecular weight is 246 g/mol. The number of fused-ring (bicyclic) bond motifs is 4. The van der Waals surface area contributed by atoms with Crippen molar-refractivity contribution < 1.29 is 0 Å². The first-order chi connectivity index (χ1) is 9.33. The number of anilines is 1. The summed E-state index contributed by atoms with van der Waals surface area (Å²) < 4.78 is 0. The molecule has 0 aliphatic rings. The van der Waals surface area contributed by atoms with E-state index in [-0.39, 0.29) is 0 Å². The summed E-state index contributed by atoms with van der Waals surface area (Å²) in [4.78, 5) is 13.3. The van der Waals surface area contributed by atoms with Crippen LogP contribution in [0, 0.1) is 0 Å². The number of hydrogen-bond acceptors (Lipinski definition) is 4. The van der Waals surface area contributed by atoms with Crippen LogP contribution in [-0.4, -0.2) is 15.0 Å². The molecule has 19 heavy (non-hydrogen) atoms. The highest BCUT2D eigenvalue weighted by atomic mass is 14.9. The van der Waals surface area contributed by atoms with Crippen LogP contribution in [0.1, 0.15) is 0 Å². The van der Waals surface area contributed by atoms with Gasteiger partial charge in [0.1, 0.15) is 5.52 Å². The Balaban J connectivity index is 2.26. The normalized spacial score (nSPS) is 11.4. The Kier molecular flexibility index (Phi) is 1.94. The molecular formula is C15H10N4. The standard InChI is InChI=1S/C15H10N4/c16-15-14-12(7-8-17-15)18-13-10-4-2-1-3-9(10)5-6-11(13)19-14/h1-8H,(H2,16,17). The largest absolute Gasteiger partial charge is 0.382 e. The van der Waals surface area contributed by atoms with Gasteiger partial charge in [0.15, 0.2) is 5.82 Å². The SMILES string of the molecule is Nc1nccc2nc3c(ccc4ccccc43)nc12. The maximum absolute atomic E-state index is 5.85. The van der Waals surface area contributed by atoms with Crippen molar-refractivity contribution in [3.63, 3.8) is 0 Å². The summed E-state index contributed by atoms with van der Waals surface area (Å²) in [5, 5.41) is 2.26. The lowest BCUT2D eigenvalue weighted by molar-refractivity contribution is 1.31. The quantitative estimate of drug-likeness (QED) is 0.382. The Morgan fingerprint density at radius 2 is 1.58 bits per heavy atom. The van der Waals surface area contributed by atoms with Crippen molar-refractivity contribution in [3.05, 3.63) is 48.7 Å². The molecule has 2 N–H and O–H groups in total. The Morgan fingerprint density at radius 1 is 0.789 bits per heavy atom. The van der Waals surface area contributed by atoms with E-state index in [2.05, 4.69) is 27.1 Å². The van der Waals surface area contributed by atoms with E-state index in [4.69, 9.17) is 5.73 Å². The first kappa shape index (κ1) is 10.2. The summed E-state index contributed by atoms with van der Waals surface area (Å²) in [6.07, 6.45) is 1.66. The summed E-state index contributed by atoms with van der Waals surface area (Å²) in [5.74, 6) is 0.417. The fourth-order valence-corrected chi connectivity index (χ4v) is 2.36. The van der Waals surface area contributed by atoms with Gasteiger partial charge in [-0.05, 0) is 17.5 Å². The van der Waals surface area contributed by atoms with Crippen molar-refractivity contribution >= 4 is 38.7 Å². The monoisotopic (exact) mass is 246 g/mol. The van der Waals surface area contributed by atoms with E-state index in [9.17, 15) is 0 Å². The number of nitrogen functional groups attached to an aromatic ring is 1. The van der Waals surface area contributed by atoms with Crippen LogP contribution in [0.25, 0.3) is 32.8 Å². The number of hydrogen-bond donors (Lipinski definition) is 1. The first-order valence-corrected chi connectivity index (χ1v) is 6.02. The van der Waals surface area contributed by atoms with Gasteiger partial charge in [-0.2, -0.15) is 0 Å². The Bertz CT molecular complexity index is 931. The second-order valence-electron chi connectivity index (χ2n) is 4.44. The van der Waals surface area contributed by atoms with E-state index in [0.717, 1.165) is 27.3 Å². The van der Waals surface area contributed by atoms with Gasteiger partial charge in [0.05, 0.1) is 16.6 Å². The number of rotatable bonds is 0. The zero-order chi connectivity index (χ0) is 12.8. The van der Waals surface area contributed by atoms with Crippen molar-refractivity contribution in [1.82, 2.24) is 15.0 Å². The molecular weight excluding hydrogens is 236 g/mol. The molecule has 0 fully saturated rings. The molecule has 4 heteroatoms. The van der Waals surface area contributed by atoms with Crippen molar-refractivity contribution in [3.8, 4) is 0 Å². The Labute approximate surface area is 108 Å². The van der Waals surface area contributed by atoms with Crippen molar-refractivity contribution in [2.24, 2.45) is 0 Å². The van der Waals surface area contributed by atoms with Gasteiger partial charge in [0.2, 0.25) is 0 Å². The number of pyridine rings is 1. The summed E-state index contributed by atoms with van der Waals surface area (Å²) in [6, 6.07) is 14.0. The fourth-order valence-electron chi connectivity index (χ4n) is 2.36. The summed E-state index contributed by atoms with van der Waals surface area (Å²) >= 11 is 0. The topological polar surface area (TPSA) is 64.7 Å². The van der Waals surface area contributed by atoms with Gasteiger partial charge in [0, 0.05) is 11.6 Å². The molecule has 0 bridgehead atoms. The minimum atomic E-state index is 0.417. The van der Waals surface area contributed by atoms with E-state index in [1.54, 1.807) is 6.20 Å². The van der Waals surface area contributed by atoms with E-state index in [1.165, 1.54) is 0 Å². The first-order valence-electron chi connectivity index (χ1n) is 6.02.